The van der Waals surface area contributed by atoms with Crippen LogP contribution in [0.3, 0.4) is 0 Å². The summed E-state index contributed by atoms with van der Waals surface area (Å²) in [6.07, 6.45) is 1.63. The SMILES string of the molecule is CC(C)C(NC(=O)c1ccccc1Cl)C(=O)NC1CCN(c2ccc(C#N)cc2)CC1. The predicted octanol–water partition coefficient (Wildman–Crippen LogP) is 3.75. The highest BCUT2D eigenvalue weighted by molar-refractivity contribution is 6.33. The lowest BCUT2D eigenvalue weighted by Crippen LogP contribution is -2.54. The highest BCUT2D eigenvalue weighted by atomic mass is 35.5. The number of piperidine rings is 1. The summed E-state index contributed by atoms with van der Waals surface area (Å²) in [5, 5.41) is 15.2. The maximum absolute atomic E-state index is 12.9. The second-order valence-corrected chi connectivity index (χ2v) is 8.51. The Bertz CT molecular complexity index is 960. The molecule has 1 fully saturated rings. The molecule has 3 rings (SSSR count). The van der Waals surface area contributed by atoms with Gasteiger partial charge in [-0.25, -0.2) is 0 Å². The molecule has 1 saturated heterocycles. The summed E-state index contributed by atoms with van der Waals surface area (Å²) in [6, 6.07) is 15.9. The average Bonchev–Trinajstić information content (AvgIpc) is 2.78. The molecule has 2 N–H and O–H groups in total. The minimum Gasteiger partial charge on any atom is -0.371 e. The van der Waals surface area contributed by atoms with Crippen molar-refractivity contribution in [2.75, 3.05) is 18.0 Å². The van der Waals surface area contributed by atoms with Crippen molar-refractivity contribution in [3.05, 3.63) is 64.7 Å². The van der Waals surface area contributed by atoms with Gasteiger partial charge in [0.1, 0.15) is 6.04 Å². The number of rotatable bonds is 6. The molecule has 7 heteroatoms. The highest BCUT2D eigenvalue weighted by Gasteiger charge is 2.28. The maximum Gasteiger partial charge on any atom is 0.253 e. The first-order chi connectivity index (χ1) is 14.9. The Morgan fingerprint density at radius 1 is 1.10 bits per heavy atom. The summed E-state index contributed by atoms with van der Waals surface area (Å²) in [7, 11) is 0. The molecule has 0 aromatic heterocycles. The van der Waals surface area contributed by atoms with Gasteiger partial charge in [0.2, 0.25) is 5.91 Å². The van der Waals surface area contributed by atoms with Gasteiger partial charge in [0.25, 0.3) is 5.91 Å². The van der Waals surface area contributed by atoms with E-state index in [1.165, 1.54) is 0 Å². The number of anilines is 1. The van der Waals surface area contributed by atoms with E-state index < -0.39 is 6.04 Å². The van der Waals surface area contributed by atoms with Crippen LogP contribution in [0.2, 0.25) is 5.02 Å². The monoisotopic (exact) mass is 438 g/mol. The lowest BCUT2D eigenvalue weighted by molar-refractivity contribution is -0.124. The molecule has 1 atom stereocenters. The van der Waals surface area contributed by atoms with E-state index in [9.17, 15) is 9.59 Å². The first-order valence-corrected chi connectivity index (χ1v) is 10.9. The third kappa shape index (κ3) is 5.77. The Balaban J connectivity index is 1.56. The maximum atomic E-state index is 12.9. The standard InChI is InChI=1S/C24H27ClN4O2/c1-16(2)22(28-23(30)20-5-3-4-6-21(20)25)24(31)27-18-11-13-29(14-12-18)19-9-7-17(15-26)8-10-19/h3-10,16,18,22H,11-14H2,1-2H3,(H,27,31)(H,28,30). The smallest absolute Gasteiger partial charge is 0.253 e. The lowest BCUT2D eigenvalue weighted by atomic mass is 9.99. The number of benzene rings is 2. The quantitative estimate of drug-likeness (QED) is 0.719. The number of amides is 2. The van der Waals surface area contributed by atoms with E-state index in [2.05, 4.69) is 21.6 Å². The van der Waals surface area contributed by atoms with E-state index in [1.54, 1.807) is 24.3 Å². The largest absolute Gasteiger partial charge is 0.371 e. The Kier molecular flexibility index (Phi) is 7.54. The zero-order valence-corrected chi connectivity index (χ0v) is 18.5. The second-order valence-electron chi connectivity index (χ2n) is 8.10. The van der Waals surface area contributed by atoms with Crippen LogP contribution in [0.25, 0.3) is 0 Å². The van der Waals surface area contributed by atoms with Crippen molar-refractivity contribution in [1.29, 1.82) is 5.26 Å². The number of halogens is 1. The zero-order chi connectivity index (χ0) is 22.4. The van der Waals surface area contributed by atoms with Gasteiger partial charge in [-0.3, -0.25) is 9.59 Å². The van der Waals surface area contributed by atoms with Crippen molar-refractivity contribution in [3.63, 3.8) is 0 Å². The molecular formula is C24H27ClN4O2. The van der Waals surface area contributed by atoms with E-state index in [4.69, 9.17) is 16.9 Å². The Morgan fingerprint density at radius 2 is 1.74 bits per heavy atom. The molecule has 1 heterocycles. The van der Waals surface area contributed by atoms with Gasteiger partial charge in [-0.1, -0.05) is 37.6 Å². The van der Waals surface area contributed by atoms with Gasteiger partial charge in [0.15, 0.2) is 0 Å². The van der Waals surface area contributed by atoms with Gasteiger partial charge in [-0.2, -0.15) is 5.26 Å². The van der Waals surface area contributed by atoms with Gasteiger partial charge in [0.05, 0.1) is 22.2 Å². The van der Waals surface area contributed by atoms with Crippen LogP contribution in [-0.4, -0.2) is 37.0 Å². The van der Waals surface area contributed by atoms with E-state index >= 15 is 0 Å². The van der Waals surface area contributed by atoms with Gasteiger partial charge in [0, 0.05) is 24.8 Å². The van der Waals surface area contributed by atoms with Crippen molar-refractivity contribution in [2.45, 2.75) is 38.8 Å². The normalized spacial score (nSPS) is 15.3. The minimum atomic E-state index is -0.639. The molecule has 0 aliphatic carbocycles. The molecule has 162 valence electrons. The number of nitriles is 1. The van der Waals surface area contributed by atoms with Crippen LogP contribution in [0.1, 0.15) is 42.6 Å². The average molecular weight is 439 g/mol. The fourth-order valence-corrected chi connectivity index (χ4v) is 3.94. The fourth-order valence-electron chi connectivity index (χ4n) is 3.72. The first kappa shape index (κ1) is 22.6. The van der Waals surface area contributed by atoms with Crippen LogP contribution in [0, 0.1) is 17.2 Å². The van der Waals surface area contributed by atoms with Gasteiger partial charge in [-0.05, 0) is 55.2 Å². The summed E-state index contributed by atoms with van der Waals surface area (Å²) in [5.41, 5.74) is 2.08. The van der Waals surface area contributed by atoms with Crippen molar-refractivity contribution >= 4 is 29.1 Å². The number of hydrogen-bond acceptors (Lipinski definition) is 4. The van der Waals surface area contributed by atoms with Crippen molar-refractivity contribution in [2.24, 2.45) is 5.92 Å². The van der Waals surface area contributed by atoms with Crippen molar-refractivity contribution < 1.29 is 9.59 Å². The van der Waals surface area contributed by atoms with Crippen molar-refractivity contribution in [1.82, 2.24) is 10.6 Å². The Morgan fingerprint density at radius 3 is 2.32 bits per heavy atom. The molecule has 1 unspecified atom stereocenters. The summed E-state index contributed by atoms with van der Waals surface area (Å²) in [4.78, 5) is 27.8. The van der Waals surface area contributed by atoms with Crippen LogP contribution in [0.15, 0.2) is 48.5 Å². The molecular weight excluding hydrogens is 412 g/mol. The van der Waals surface area contributed by atoms with Crippen molar-refractivity contribution in [3.8, 4) is 6.07 Å². The highest BCUT2D eigenvalue weighted by Crippen LogP contribution is 2.21. The molecule has 31 heavy (non-hydrogen) atoms. The molecule has 2 aromatic carbocycles. The lowest BCUT2D eigenvalue weighted by Gasteiger charge is -2.35. The van der Waals surface area contributed by atoms with Gasteiger partial charge >= 0.3 is 0 Å². The number of nitrogens with one attached hydrogen (secondary N) is 2. The second kappa shape index (κ2) is 10.3. The summed E-state index contributed by atoms with van der Waals surface area (Å²) < 4.78 is 0. The fraction of sp³-hybridized carbons (Fsp3) is 0.375. The van der Waals surface area contributed by atoms with Crippen LogP contribution >= 0.6 is 11.6 Å². The van der Waals surface area contributed by atoms with Crippen LogP contribution in [0.5, 0.6) is 0 Å². The predicted molar refractivity (Wildman–Crippen MR) is 122 cm³/mol. The molecule has 0 radical (unpaired) electrons. The van der Waals surface area contributed by atoms with E-state index in [0.717, 1.165) is 31.6 Å². The summed E-state index contributed by atoms with van der Waals surface area (Å²) in [5.74, 6) is -0.590. The molecule has 0 saturated carbocycles. The molecule has 1 aliphatic heterocycles. The van der Waals surface area contributed by atoms with Crippen LogP contribution < -0.4 is 15.5 Å². The third-order valence-corrected chi connectivity index (χ3v) is 5.89. The zero-order valence-electron chi connectivity index (χ0n) is 17.8. The van der Waals surface area contributed by atoms with Gasteiger partial charge < -0.3 is 15.5 Å². The minimum absolute atomic E-state index is 0.0561. The number of carbonyl (C=O) groups is 2. The number of carbonyl (C=O) groups excluding carboxylic acids is 2. The van der Waals surface area contributed by atoms with Crippen LogP contribution in [-0.2, 0) is 4.79 Å². The molecule has 0 bridgehead atoms. The molecule has 2 aromatic rings. The Hall–Kier alpha value is -3.04. The van der Waals surface area contributed by atoms with E-state index in [1.807, 2.05) is 38.1 Å². The van der Waals surface area contributed by atoms with Gasteiger partial charge in [-0.15, -0.1) is 0 Å². The summed E-state index contributed by atoms with van der Waals surface area (Å²) >= 11 is 6.12. The van der Waals surface area contributed by atoms with E-state index in [0.29, 0.717) is 16.1 Å². The molecule has 1 aliphatic rings. The number of nitrogens with zero attached hydrogens (tertiary/aromatic N) is 2. The Labute approximate surface area is 188 Å². The number of hydrogen-bond donors (Lipinski definition) is 2. The molecule has 2 amide bonds. The molecule has 0 spiro atoms. The summed E-state index contributed by atoms with van der Waals surface area (Å²) in [6.45, 7) is 5.44. The van der Waals surface area contributed by atoms with Crippen LogP contribution in [0.4, 0.5) is 5.69 Å². The first-order valence-electron chi connectivity index (χ1n) is 10.5. The topological polar surface area (TPSA) is 85.2 Å². The third-order valence-electron chi connectivity index (χ3n) is 5.56. The molecule has 6 nitrogen and oxygen atoms in total. The van der Waals surface area contributed by atoms with E-state index in [-0.39, 0.29) is 23.8 Å².